The summed E-state index contributed by atoms with van der Waals surface area (Å²) in [4.78, 5) is 0. The predicted octanol–water partition coefficient (Wildman–Crippen LogP) is 0.363. The third kappa shape index (κ3) is 1.19. The van der Waals surface area contributed by atoms with Crippen LogP contribution in [-0.2, 0) is 0 Å². The Labute approximate surface area is 66.9 Å². The van der Waals surface area contributed by atoms with Crippen molar-refractivity contribution in [2.24, 2.45) is 15.4 Å². The molecule has 0 aromatic carbocycles. The second kappa shape index (κ2) is 2.91. The summed E-state index contributed by atoms with van der Waals surface area (Å²) < 4.78 is 0. The molecule has 2 rings (SSSR count). The largest absolute Gasteiger partial charge is 0.227 e. The highest BCUT2D eigenvalue weighted by molar-refractivity contribution is 5.79. The lowest BCUT2D eigenvalue weighted by Gasteiger charge is -1.92. The standard InChI is InChI=1S/C5H3N7/c1-2-4-5(8-10-6-3-1)9-12-11-7-4/h1-3H. The molecule has 7 heteroatoms. The van der Waals surface area contributed by atoms with E-state index < -0.39 is 0 Å². The van der Waals surface area contributed by atoms with Gasteiger partial charge in [0.15, 0.2) is 0 Å². The van der Waals surface area contributed by atoms with Gasteiger partial charge in [0.05, 0.1) is 6.21 Å². The maximum atomic E-state index is 3.70. The zero-order valence-corrected chi connectivity index (χ0v) is 5.86. The van der Waals surface area contributed by atoms with Gasteiger partial charge in [0.1, 0.15) is 5.69 Å². The lowest BCUT2D eigenvalue weighted by Crippen LogP contribution is -1.94. The van der Waals surface area contributed by atoms with E-state index in [0.717, 1.165) is 0 Å². The molecule has 1 aromatic heterocycles. The number of hydrogen-bond donors (Lipinski definition) is 0. The maximum Gasteiger partial charge on any atom is 0.227 e. The van der Waals surface area contributed by atoms with Crippen molar-refractivity contribution in [1.82, 2.24) is 20.6 Å². The van der Waals surface area contributed by atoms with Gasteiger partial charge in [-0.3, -0.25) is 0 Å². The first-order valence-electron chi connectivity index (χ1n) is 3.13. The molecule has 0 atom stereocenters. The van der Waals surface area contributed by atoms with Crippen LogP contribution in [0, 0.1) is 0 Å². The second-order valence-electron chi connectivity index (χ2n) is 1.90. The van der Waals surface area contributed by atoms with E-state index in [1.807, 2.05) is 0 Å². The summed E-state index contributed by atoms with van der Waals surface area (Å²) in [7, 11) is 0. The molecule has 0 N–H and O–H groups in total. The fraction of sp³-hybridized carbons (Fsp3) is 0. The van der Waals surface area contributed by atoms with Gasteiger partial charge in [-0.05, 0) is 27.8 Å². The number of rotatable bonds is 0. The topological polar surface area (TPSA) is 88.6 Å². The maximum absolute atomic E-state index is 3.70. The molecular formula is C5H3N7. The van der Waals surface area contributed by atoms with Crippen molar-refractivity contribution in [3.05, 3.63) is 11.8 Å². The molecule has 12 heavy (non-hydrogen) atoms. The Morgan fingerprint density at radius 2 is 2.00 bits per heavy atom. The van der Waals surface area contributed by atoms with Crippen molar-refractivity contribution in [2.75, 3.05) is 0 Å². The van der Waals surface area contributed by atoms with Crippen LogP contribution < -0.4 is 0 Å². The second-order valence-corrected chi connectivity index (χ2v) is 1.90. The van der Waals surface area contributed by atoms with Crippen LogP contribution in [0.5, 0.6) is 0 Å². The molecular weight excluding hydrogens is 158 g/mol. The van der Waals surface area contributed by atoms with Crippen LogP contribution in [-0.4, -0.2) is 26.8 Å². The Bertz CT molecular complexity index is 331. The first kappa shape index (κ1) is 6.65. The van der Waals surface area contributed by atoms with Gasteiger partial charge < -0.3 is 0 Å². The minimum atomic E-state index is 0.318. The third-order valence-corrected chi connectivity index (χ3v) is 1.16. The number of allylic oxidation sites excluding steroid dienone is 1. The van der Waals surface area contributed by atoms with Gasteiger partial charge in [-0.1, -0.05) is 0 Å². The summed E-state index contributed by atoms with van der Waals surface area (Å²) in [6, 6.07) is 0. The van der Waals surface area contributed by atoms with Crippen molar-refractivity contribution in [3.8, 4) is 0 Å². The van der Waals surface area contributed by atoms with Crippen LogP contribution in [0.2, 0.25) is 0 Å². The fourth-order valence-electron chi connectivity index (χ4n) is 0.676. The molecule has 7 nitrogen and oxygen atoms in total. The van der Waals surface area contributed by atoms with Crippen LogP contribution in [0.3, 0.4) is 0 Å². The molecule has 0 spiro atoms. The average Bonchev–Trinajstić information content (AvgIpc) is 2.06. The van der Waals surface area contributed by atoms with Gasteiger partial charge >= 0.3 is 0 Å². The molecule has 1 aromatic rings. The highest BCUT2D eigenvalue weighted by atomic mass is 15.5. The van der Waals surface area contributed by atoms with Crippen LogP contribution in [0.25, 0.3) is 6.08 Å². The summed E-state index contributed by atoms with van der Waals surface area (Å²) in [5, 5.41) is 24.6. The predicted molar refractivity (Wildman–Crippen MR) is 39.7 cm³/mol. The molecule has 0 unspecified atom stereocenters. The zero-order chi connectivity index (χ0) is 8.23. The summed E-state index contributed by atoms with van der Waals surface area (Å²) in [5.41, 5.74) is 0.528. The summed E-state index contributed by atoms with van der Waals surface area (Å²) in [5.74, 6) is 0.318. The minimum absolute atomic E-state index is 0.318. The molecule has 0 amide bonds. The Morgan fingerprint density at radius 3 is 3.00 bits per heavy atom. The monoisotopic (exact) mass is 161 g/mol. The molecule has 1 aliphatic heterocycles. The Morgan fingerprint density at radius 1 is 1.08 bits per heavy atom. The number of fused-ring (bicyclic) bond motifs is 1. The van der Waals surface area contributed by atoms with Crippen molar-refractivity contribution in [3.63, 3.8) is 0 Å². The fourth-order valence-corrected chi connectivity index (χ4v) is 0.676. The lowest BCUT2D eigenvalue weighted by molar-refractivity contribution is 0.750. The average molecular weight is 161 g/mol. The number of nitrogens with zero attached hydrogens (tertiary/aromatic N) is 7. The van der Waals surface area contributed by atoms with Gasteiger partial charge in [-0.2, -0.15) is 0 Å². The minimum Gasteiger partial charge on any atom is -0.139 e. The van der Waals surface area contributed by atoms with Gasteiger partial charge in [-0.15, -0.1) is 20.4 Å². The van der Waals surface area contributed by atoms with E-state index in [-0.39, 0.29) is 0 Å². The van der Waals surface area contributed by atoms with Crippen molar-refractivity contribution >= 4 is 18.1 Å². The quantitative estimate of drug-likeness (QED) is 0.549. The van der Waals surface area contributed by atoms with Gasteiger partial charge in [0, 0.05) is 0 Å². The molecule has 0 fully saturated rings. The molecule has 1 aliphatic rings. The zero-order valence-electron chi connectivity index (χ0n) is 5.86. The molecule has 2 heterocycles. The van der Waals surface area contributed by atoms with Crippen molar-refractivity contribution < 1.29 is 0 Å². The third-order valence-electron chi connectivity index (χ3n) is 1.16. The van der Waals surface area contributed by atoms with Crippen LogP contribution in [0.15, 0.2) is 21.5 Å². The normalized spacial score (nSPS) is 13.7. The smallest absolute Gasteiger partial charge is 0.139 e. The first-order valence-corrected chi connectivity index (χ1v) is 3.13. The Balaban J connectivity index is 2.54. The van der Waals surface area contributed by atoms with Gasteiger partial charge in [0.25, 0.3) is 0 Å². The van der Waals surface area contributed by atoms with E-state index in [0.29, 0.717) is 11.5 Å². The van der Waals surface area contributed by atoms with Gasteiger partial charge in [-0.25, -0.2) is 0 Å². The van der Waals surface area contributed by atoms with Crippen LogP contribution in [0.1, 0.15) is 5.69 Å². The molecule has 0 radical (unpaired) electrons. The summed E-state index contributed by atoms with van der Waals surface area (Å²) in [6.45, 7) is 0. The van der Waals surface area contributed by atoms with E-state index in [1.165, 1.54) is 6.21 Å². The molecule has 0 aliphatic carbocycles. The van der Waals surface area contributed by atoms with E-state index in [4.69, 9.17) is 0 Å². The van der Waals surface area contributed by atoms with Gasteiger partial charge in [0.2, 0.25) is 5.82 Å². The van der Waals surface area contributed by atoms with Crippen LogP contribution >= 0.6 is 0 Å². The molecule has 0 bridgehead atoms. The molecule has 58 valence electrons. The SMILES string of the molecule is C1=Cc2nnnnc2N=NN=C1. The highest BCUT2D eigenvalue weighted by Crippen LogP contribution is 2.13. The van der Waals surface area contributed by atoms with E-state index in [2.05, 4.69) is 36.1 Å². The summed E-state index contributed by atoms with van der Waals surface area (Å²) >= 11 is 0. The van der Waals surface area contributed by atoms with Crippen molar-refractivity contribution in [2.45, 2.75) is 0 Å². The van der Waals surface area contributed by atoms with E-state index in [1.54, 1.807) is 12.2 Å². The van der Waals surface area contributed by atoms with Crippen LogP contribution in [0.4, 0.5) is 5.82 Å². The van der Waals surface area contributed by atoms with Crippen molar-refractivity contribution in [1.29, 1.82) is 0 Å². The Kier molecular flexibility index (Phi) is 1.61. The van der Waals surface area contributed by atoms with E-state index in [9.17, 15) is 0 Å². The molecule has 0 saturated heterocycles. The number of aromatic nitrogens is 4. The molecule has 0 saturated carbocycles. The lowest BCUT2D eigenvalue weighted by atomic mass is 10.4. The number of hydrogen-bond acceptors (Lipinski definition) is 7. The summed E-state index contributed by atoms with van der Waals surface area (Å²) in [6.07, 6.45) is 4.85. The Hall–Kier alpha value is -2.05. The van der Waals surface area contributed by atoms with E-state index >= 15 is 0 Å². The highest BCUT2D eigenvalue weighted by Gasteiger charge is 2.02. The first-order chi connectivity index (χ1) is 5.97.